The minimum atomic E-state index is -1.13. The van der Waals surface area contributed by atoms with Gasteiger partial charge in [-0.25, -0.2) is 4.79 Å². The van der Waals surface area contributed by atoms with Crippen LogP contribution in [0.3, 0.4) is 0 Å². The molecule has 1 atom stereocenters. The molecule has 1 N–H and O–H groups in total. The molecule has 4 nitrogen and oxygen atoms in total. The molecule has 0 amide bonds. The van der Waals surface area contributed by atoms with Gasteiger partial charge in [0.1, 0.15) is 11.5 Å². The number of halogens is 2. The highest BCUT2D eigenvalue weighted by Crippen LogP contribution is 2.31. The van der Waals surface area contributed by atoms with E-state index in [1.54, 1.807) is 31.2 Å². The summed E-state index contributed by atoms with van der Waals surface area (Å²) in [6.07, 6.45) is -0.482. The summed E-state index contributed by atoms with van der Waals surface area (Å²) in [7, 11) is 0. The summed E-state index contributed by atoms with van der Waals surface area (Å²) >= 11 is 11.8. The van der Waals surface area contributed by atoms with Crippen molar-refractivity contribution in [2.45, 2.75) is 13.0 Å². The normalized spacial score (nSPS) is 12.2. The second-order valence-corrected chi connectivity index (χ2v) is 4.69. The molecule has 2 rings (SSSR count). The van der Waals surface area contributed by atoms with Crippen molar-refractivity contribution in [3.63, 3.8) is 0 Å². The van der Waals surface area contributed by atoms with Crippen molar-refractivity contribution in [2.24, 2.45) is 0 Å². The zero-order valence-corrected chi connectivity index (χ0v) is 11.4. The molecule has 1 heterocycles. The zero-order valence-electron chi connectivity index (χ0n) is 9.89. The molecule has 0 aliphatic rings. The molecule has 0 saturated heterocycles. The first kappa shape index (κ1) is 13.8. The summed E-state index contributed by atoms with van der Waals surface area (Å²) in [5.74, 6) is -0.453. The van der Waals surface area contributed by atoms with Crippen LogP contribution in [0.1, 0.15) is 29.3 Å². The Bertz CT molecular complexity index is 606. The first-order chi connectivity index (χ1) is 8.97. The van der Waals surface area contributed by atoms with Crippen LogP contribution < -0.4 is 4.74 Å². The van der Waals surface area contributed by atoms with Gasteiger partial charge in [0.15, 0.2) is 6.10 Å². The van der Waals surface area contributed by atoms with E-state index in [1.807, 2.05) is 0 Å². The van der Waals surface area contributed by atoms with E-state index < -0.39 is 12.1 Å². The molecule has 1 aromatic heterocycles. The fourth-order valence-electron chi connectivity index (χ4n) is 1.50. The van der Waals surface area contributed by atoms with Crippen molar-refractivity contribution in [3.8, 4) is 5.75 Å². The molecule has 0 bridgehead atoms. The summed E-state index contributed by atoms with van der Waals surface area (Å²) in [6.45, 7) is 1.72. The monoisotopic (exact) mass is 300 g/mol. The number of benzene rings is 1. The van der Waals surface area contributed by atoms with Crippen LogP contribution in [0.2, 0.25) is 10.0 Å². The average Bonchev–Trinajstić information content (AvgIpc) is 2.83. The quantitative estimate of drug-likeness (QED) is 0.907. The molecule has 100 valence electrons. The maximum atomic E-state index is 10.7. The largest absolute Gasteiger partial charge is 0.481 e. The Labute approximate surface area is 119 Å². The van der Waals surface area contributed by atoms with Crippen molar-refractivity contribution >= 4 is 29.2 Å². The van der Waals surface area contributed by atoms with E-state index in [1.165, 1.54) is 6.07 Å². The molecule has 2 aromatic rings. The predicted molar refractivity (Wildman–Crippen MR) is 71.2 cm³/mol. The van der Waals surface area contributed by atoms with E-state index in [0.29, 0.717) is 21.6 Å². The number of aromatic carboxylic acids is 1. The lowest BCUT2D eigenvalue weighted by Gasteiger charge is -2.13. The second-order valence-electron chi connectivity index (χ2n) is 3.84. The summed E-state index contributed by atoms with van der Waals surface area (Å²) in [5, 5.41) is 9.69. The first-order valence-corrected chi connectivity index (χ1v) is 6.17. The Morgan fingerprint density at radius 2 is 2.05 bits per heavy atom. The van der Waals surface area contributed by atoms with Crippen LogP contribution in [0.25, 0.3) is 0 Å². The van der Waals surface area contributed by atoms with Gasteiger partial charge >= 0.3 is 5.97 Å². The van der Waals surface area contributed by atoms with Gasteiger partial charge < -0.3 is 14.3 Å². The Morgan fingerprint density at radius 3 is 2.68 bits per heavy atom. The van der Waals surface area contributed by atoms with Crippen molar-refractivity contribution in [2.75, 3.05) is 0 Å². The molecular formula is C13H10Cl2O4. The molecule has 6 heteroatoms. The standard InChI is InChI=1S/C13H10Cl2O4/c1-7(10-4-5-11(19-10)13(16)17)18-12-6-8(14)2-3-9(12)15/h2-7H,1H3,(H,16,17). The van der Waals surface area contributed by atoms with E-state index in [0.717, 1.165) is 0 Å². The number of rotatable bonds is 4. The van der Waals surface area contributed by atoms with E-state index >= 15 is 0 Å². The number of carboxylic acid groups (broad SMARTS) is 1. The molecule has 19 heavy (non-hydrogen) atoms. The van der Waals surface area contributed by atoms with Gasteiger partial charge in [0.25, 0.3) is 0 Å². The molecule has 0 radical (unpaired) electrons. The number of furan rings is 1. The van der Waals surface area contributed by atoms with Crippen LogP contribution in [-0.4, -0.2) is 11.1 Å². The number of hydrogen-bond donors (Lipinski definition) is 1. The molecule has 1 aromatic carbocycles. The number of hydrogen-bond acceptors (Lipinski definition) is 3. The Kier molecular flexibility index (Phi) is 4.02. The van der Waals surface area contributed by atoms with Gasteiger partial charge in [-0.05, 0) is 31.2 Å². The van der Waals surface area contributed by atoms with E-state index in [-0.39, 0.29) is 5.76 Å². The highest BCUT2D eigenvalue weighted by atomic mass is 35.5. The number of carbonyl (C=O) groups is 1. The lowest BCUT2D eigenvalue weighted by Crippen LogP contribution is -2.02. The van der Waals surface area contributed by atoms with Crippen LogP contribution in [0.5, 0.6) is 5.75 Å². The van der Waals surface area contributed by atoms with Crippen LogP contribution in [0.4, 0.5) is 0 Å². The zero-order chi connectivity index (χ0) is 14.0. The van der Waals surface area contributed by atoms with Crippen LogP contribution in [-0.2, 0) is 0 Å². The fourth-order valence-corrected chi connectivity index (χ4v) is 1.83. The minimum Gasteiger partial charge on any atom is -0.481 e. The number of ether oxygens (including phenoxy) is 1. The Morgan fingerprint density at radius 1 is 1.32 bits per heavy atom. The van der Waals surface area contributed by atoms with Gasteiger partial charge in [0, 0.05) is 11.1 Å². The Balaban J connectivity index is 2.17. The van der Waals surface area contributed by atoms with Gasteiger partial charge in [0.05, 0.1) is 5.02 Å². The van der Waals surface area contributed by atoms with E-state index in [9.17, 15) is 4.79 Å². The van der Waals surface area contributed by atoms with Gasteiger partial charge in [-0.2, -0.15) is 0 Å². The maximum Gasteiger partial charge on any atom is 0.371 e. The summed E-state index contributed by atoms with van der Waals surface area (Å²) in [5.41, 5.74) is 0. The van der Waals surface area contributed by atoms with E-state index in [2.05, 4.69) is 0 Å². The highest BCUT2D eigenvalue weighted by molar-refractivity contribution is 6.34. The van der Waals surface area contributed by atoms with Crippen LogP contribution >= 0.6 is 23.2 Å². The number of carboxylic acids is 1. The topological polar surface area (TPSA) is 59.7 Å². The molecule has 0 saturated carbocycles. The van der Waals surface area contributed by atoms with Gasteiger partial charge in [0.2, 0.25) is 5.76 Å². The molecule has 1 unspecified atom stereocenters. The average molecular weight is 301 g/mol. The van der Waals surface area contributed by atoms with Crippen LogP contribution in [0, 0.1) is 0 Å². The SMILES string of the molecule is CC(Oc1cc(Cl)ccc1Cl)c1ccc(C(=O)O)o1. The highest BCUT2D eigenvalue weighted by Gasteiger charge is 2.16. The minimum absolute atomic E-state index is 0.136. The van der Waals surface area contributed by atoms with Gasteiger partial charge in [-0.1, -0.05) is 23.2 Å². The third-order valence-electron chi connectivity index (χ3n) is 2.44. The summed E-state index contributed by atoms with van der Waals surface area (Å²) in [6, 6.07) is 7.78. The molecule has 0 aliphatic heterocycles. The smallest absolute Gasteiger partial charge is 0.371 e. The molecule has 0 fully saturated rings. The summed E-state index contributed by atoms with van der Waals surface area (Å²) in [4.78, 5) is 10.7. The maximum absolute atomic E-state index is 10.7. The van der Waals surface area contributed by atoms with E-state index in [4.69, 9.17) is 37.5 Å². The summed E-state index contributed by atoms with van der Waals surface area (Å²) < 4.78 is 10.8. The van der Waals surface area contributed by atoms with Gasteiger partial charge in [-0.3, -0.25) is 0 Å². The Hall–Kier alpha value is -1.65. The third-order valence-corrected chi connectivity index (χ3v) is 2.98. The lowest BCUT2D eigenvalue weighted by atomic mass is 10.3. The van der Waals surface area contributed by atoms with Crippen molar-refractivity contribution < 1.29 is 19.1 Å². The van der Waals surface area contributed by atoms with Gasteiger partial charge in [-0.15, -0.1) is 0 Å². The first-order valence-electron chi connectivity index (χ1n) is 5.42. The van der Waals surface area contributed by atoms with Crippen LogP contribution in [0.15, 0.2) is 34.7 Å². The predicted octanol–water partition coefficient (Wildman–Crippen LogP) is 4.42. The molecule has 0 aliphatic carbocycles. The molecule has 0 spiro atoms. The second kappa shape index (κ2) is 5.55. The third kappa shape index (κ3) is 3.22. The fraction of sp³-hybridized carbons (Fsp3) is 0.154. The van der Waals surface area contributed by atoms with Crippen molar-refractivity contribution in [1.29, 1.82) is 0 Å². The van der Waals surface area contributed by atoms with Crippen molar-refractivity contribution in [3.05, 3.63) is 51.9 Å². The lowest BCUT2D eigenvalue weighted by molar-refractivity contribution is 0.0655. The molecular weight excluding hydrogens is 291 g/mol. The van der Waals surface area contributed by atoms with Crippen molar-refractivity contribution in [1.82, 2.24) is 0 Å².